The van der Waals surface area contributed by atoms with Crippen molar-refractivity contribution >= 4 is 28.4 Å². The monoisotopic (exact) mass is 271 g/mol. The van der Waals surface area contributed by atoms with Gasteiger partial charge in [-0.05, 0) is 18.1 Å². The van der Waals surface area contributed by atoms with E-state index in [1.54, 1.807) is 0 Å². The Morgan fingerprint density at radius 1 is 1.00 bits per heavy atom. The van der Waals surface area contributed by atoms with Gasteiger partial charge in [-0.2, -0.15) is 0 Å². The fourth-order valence-electron chi connectivity index (χ4n) is 1.79. The summed E-state index contributed by atoms with van der Waals surface area (Å²) in [5.74, 6) is 0. The van der Waals surface area contributed by atoms with E-state index < -0.39 is 0 Å². The number of aryl methyl sites for hydroxylation is 1. The number of benzene rings is 2. The Hall–Kier alpha value is -2.06. The summed E-state index contributed by atoms with van der Waals surface area (Å²) in [4.78, 5) is 0. The van der Waals surface area contributed by atoms with Crippen molar-refractivity contribution in [1.82, 2.24) is 0 Å². The molecule has 0 unspecified atom stereocenters. The normalized spacial score (nSPS) is 12.5. The van der Waals surface area contributed by atoms with Gasteiger partial charge in [0.25, 0.3) is 0 Å². The molecular formula is C16H14ClNO. The van der Waals surface area contributed by atoms with E-state index in [0.717, 1.165) is 11.1 Å². The number of oxime groups is 1. The second-order valence-corrected chi connectivity index (χ2v) is 4.58. The van der Waals surface area contributed by atoms with Crippen molar-refractivity contribution in [2.24, 2.45) is 5.16 Å². The van der Waals surface area contributed by atoms with Gasteiger partial charge in [0.2, 0.25) is 0 Å². The van der Waals surface area contributed by atoms with Crippen LogP contribution in [0.2, 0.25) is 0 Å². The van der Waals surface area contributed by atoms with E-state index in [2.05, 4.69) is 5.16 Å². The molecule has 2 aromatic rings. The largest absolute Gasteiger partial charge is 0.411 e. The fraction of sp³-hybridized carbons (Fsp3) is 0.0625. The molecule has 0 bridgehead atoms. The molecule has 0 fully saturated rings. The van der Waals surface area contributed by atoms with Crippen molar-refractivity contribution in [2.45, 2.75) is 6.92 Å². The zero-order chi connectivity index (χ0) is 13.7. The number of allylic oxidation sites excluding steroid dienone is 1. The van der Waals surface area contributed by atoms with Crippen LogP contribution in [0.5, 0.6) is 0 Å². The lowest BCUT2D eigenvalue weighted by atomic mass is 10.0. The minimum atomic E-state index is 0.559. The van der Waals surface area contributed by atoms with Gasteiger partial charge in [-0.1, -0.05) is 76.9 Å². The first kappa shape index (κ1) is 13.4. The Labute approximate surface area is 117 Å². The quantitative estimate of drug-likeness (QED) is 0.377. The molecule has 2 aromatic carbocycles. The second-order valence-electron chi connectivity index (χ2n) is 4.20. The maximum atomic E-state index is 8.81. The van der Waals surface area contributed by atoms with Gasteiger partial charge in [-0.3, -0.25) is 0 Å². The third-order valence-corrected chi connectivity index (χ3v) is 3.23. The molecule has 0 atom stereocenters. The summed E-state index contributed by atoms with van der Waals surface area (Å²) in [5, 5.41) is 12.5. The maximum absolute atomic E-state index is 8.81. The smallest absolute Gasteiger partial charge is 0.0755 e. The lowest BCUT2D eigenvalue weighted by molar-refractivity contribution is 0.322. The number of nitrogens with zero attached hydrogens (tertiary/aromatic N) is 1. The van der Waals surface area contributed by atoms with Crippen molar-refractivity contribution in [2.75, 3.05) is 0 Å². The predicted molar refractivity (Wildman–Crippen MR) is 80.6 cm³/mol. The third kappa shape index (κ3) is 3.24. The van der Waals surface area contributed by atoms with Gasteiger partial charge >= 0.3 is 0 Å². The highest BCUT2D eigenvalue weighted by Gasteiger charge is 2.08. The zero-order valence-corrected chi connectivity index (χ0v) is 11.3. The molecule has 2 nitrogen and oxygen atoms in total. The van der Waals surface area contributed by atoms with Crippen molar-refractivity contribution in [3.05, 3.63) is 71.3 Å². The van der Waals surface area contributed by atoms with Crippen LogP contribution in [0.3, 0.4) is 0 Å². The molecule has 0 heterocycles. The van der Waals surface area contributed by atoms with Crippen LogP contribution in [0.15, 0.2) is 59.8 Å². The van der Waals surface area contributed by atoms with Crippen molar-refractivity contribution in [3.63, 3.8) is 0 Å². The molecule has 0 aliphatic rings. The molecule has 0 spiro atoms. The Morgan fingerprint density at radius 2 is 1.63 bits per heavy atom. The summed E-state index contributed by atoms with van der Waals surface area (Å²) < 4.78 is 0. The van der Waals surface area contributed by atoms with Crippen LogP contribution in [0.4, 0.5) is 0 Å². The Morgan fingerprint density at radius 3 is 2.21 bits per heavy atom. The molecule has 1 N–H and O–H groups in total. The number of halogens is 1. The van der Waals surface area contributed by atoms with Gasteiger partial charge in [-0.25, -0.2) is 0 Å². The van der Waals surface area contributed by atoms with E-state index in [9.17, 15) is 0 Å². The first-order valence-electron chi connectivity index (χ1n) is 5.92. The molecule has 3 heteroatoms. The first-order chi connectivity index (χ1) is 9.22. The van der Waals surface area contributed by atoms with E-state index in [0.29, 0.717) is 10.6 Å². The van der Waals surface area contributed by atoms with Crippen molar-refractivity contribution < 1.29 is 5.21 Å². The molecule has 0 saturated carbocycles. The van der Waals surface area contributed by atoms with E-state index in [4.69, 9.17) is 16.8 Å². The van der Waals surface area contributed by atoms with Crippen LogP contribution in [-0.2, 0) is 0 Å². The minimum absolute atomic E-state index is 0.559. The highest BCUT2D eigenvalue weighted by Crippen LogP contribution is 2.28. The molecular weight excluding hydrogens is 258 g/mol. The molecule has 0 amide bonds. The highest BCUT2D eigenvalue weighted by atomic mass is 35.5. The van der Waals surface area contributed by atoms with Crippen LogP contribution >= 0.6 is 11.6 Å². The van der Waals surface area contributed by atoms with Crippen LogP contribution in [0, 0.1) is 6.92 Å². The number of hydrogen-bond donors (Lipinski definition) is 1. The summed E-state index contributed by atoms with van der Waals surface area (Å²) in [6.45, 7) is 2.02. The van der Waals surface area contributed by atoms with Gasteiger partial charge in [0.15, 0.2) is 0 Å². The zero-order valence-electron chi connectivity index (χ0n) is 10.5. The van der Waals surface area contributed by atoms with E-state index in [1.807, 2.05) is 61.5 Å². The third-order valence-electron chi connectivity index (χ3n) is 2.81. The summed E-state index contributed by atoms with van der Waals surface area (Å²) in [6, 6.07) is 17.5. The molecule has 0 aliphatic carbocycles. The summed E-state index contributed by atoms with van der Waals surface area (Å²) >= 11 is 6.42. The maximum Gasteiger partial charge on any atom is 0.0755 e. The Bertz CT molecular complexity index is 600. The van der Waals surface area contributed by atoms with E-state index in [1.165, 1.54) is 11.8 Å². The van der Waals surface area contributed by atoms with Gasteiger partial charge in [-0.15, -0.1) is 0 Å². The van der Waals surface area contributed by atoms with Crippen LogP contribution in [0.25, 0.3) is 10.6 Å². The van der Waals surface area contributed by atoms with E-state index >= 15 is 0 Å². The van der Waals surface area contributed by atoms with Gasteiger partial charge in [0, 0.05) is 5.57 Å². The summed E-state index contributed by atoms with van der Waals surface area (Å²) in [7, 11) is 0. The number of rotatable bonds is 3. The second kappa shape index (κ2) is 6.21. The number of hydrogen-bond acceptors (Lipinski definition) is 2. The van der Waals surface area contributed by atoms with Crippen molar-refractivity contribution in [3.8, 4) is 0 Å². The molecule has 96 valence electrons. The van der Waals surface area contributed by atoms with Crippen LogP contribution in [0.1, 0.15) is 16.7 Å². The molecule has 0 aromatic heterocycles. The van der Waals surface area contributed by atoms with Crippen molar-refractivity contribution in [1.29, 1.82) is 0 Å². The average molecular weight is 272 g/mol. The van der Waals surface area contributed by atoms with Crippen LogP contribution in [-0.4, -0.2) is 11.4 Å². The summed E-state index contributed by atoms with van der Waals surface area (Å²) in [6.07, 6.45) is 1.36. The predicted octanol–water partition coefficient (Wildman–Crippen LogP) is 4.56. The van der Waals surface area contributed by atoms with Gasteiger partial charge in [0.05, 0.1) is 11.2 Å². The van der Waals surface area contributed by atoms with Gasteiger partial charge in [0.1, 0.15) is 0 Å². The molecule has 0 saturated heterocycles. The lowest BCUT2D eigenvalue weighted by Crippen LogP contribution is -1.90. The highest BCUT2D eigenvalue weighted by molar-refractivity contribution is 6.56. The van der Waals surface area contributed by atoms with Gasteiger partial charge < -0.3 is 5.21 Å². The van der Waals surface area contributed by atoms with Crippen LogP contribution < -0.4 is 0 Å². The molecule has 0 radical (unpaired) electrons. The molecule has 2 rings (SSSR count). The summed E-state index contributed by atoms with van der Waals surface area (Å²) in [5.41, 5.74) is 3.66. The Kier molecular flexibility index (Phi) is 4.37. The molecule has 19 heavy (non-hydrogen) atoms. The fourth-order valence-corrected chi connectivity index (χ4v) is 2.07. The minimum Gasteiger partial charge on any atom is -0.411 e. The molecule has 0 aliphatic heterocycles. The SMILES string of the molecule is Cc1ccc(C(Cl)=C(C=NO)c2ccccc2)cc1. The first-order valence-corrected chi connectivity index (χ1v) is 6.30. The topological polar surface area (TPSA) is 32.6 Å². The Balaban J connectivity index is 2.53. The average Bonchev–Trinajstić information content (AvgIpc) is 2.46. The lowest BCUT2D eigenvalue weighted by Gasteiger charge is -2.07. The standard InChI is InChI=1S/C16H14ClNO/c1-12-7-9-14(10-8-12)16(17)15(11-18-19)13-5-3-2-4-6-13/h2-11,19H,1H3. The van der Waals surface area contributed by atoms with E-state index in [-0.39, 0.29) is 0 Å².